The molecule has 1 aliphatic carbocycles. The molecule has 3 atom stereocenters. The molecular formula is C23H17N3O6. The minimum atomic E-state index is -1.72. The number of anilines is 1. The molecule has 0 unspecified atom stereocenters. The maximum Gasteiger partial charge on any atom is 0.271 e. The molecule has 1 spiro atoms. The first-order valence-corrected chi connectivity index (χ1v) is 10.5. The van der Waals surface area contributed by atoms with Crippen molar-refractivity contribution in [2.75, 3.05) is 11.4 Å². The van der Waals surface area contributed by atoms with Crippen LogP contribution in [0, 0.1) is 22.0 Å². The minimum absolute atomic E-state index is 0.0821. The molecule has 3 heterocycles. The summed E-state index contributed by atoms with van der Waals surface area (Å²) in [7, 11) is 0. The second-order valence-corrected chi connectivity index (χ2v) is 8.67. The Balaban J connectivity index is 1.53. The molecule has 6 rings (SSSR count). The van der Waals surface area contributed by atoms with Crippen molar-refractivity contribution in [3.05, 3.63) is 69.8 Å². The molecule has 3 fully saturated rings. The number of non-ortho nitro benzene ring substituents is 1. The van der Waals surface area contributed by atoms with Gasteiger partial charge in [0.15, 0.2) is 17.1 Å². The monoisotopic (exact) mass is 431 g/mol. The minimum Gasteiger partial charge on any atom is -0.291 e. The fourth-order valence-corrected chi connectivity index (χ4v) is 6.24. The summed E-state index contributed by atoms with van der Waals surface area (Å²) >= 11 is 0. The van der Waals surface area contributed by atoms with E-state index in [4.69, 9.17) is 0 Å². The summed E-state index contributed by atoms with van der Waals surface area (Å²) in [6, 6.07) is 11.4. The molecule has 0 aromatic heterocycles. The number of Topliss-reactive ketones (excluding diaryl/α,β-unsaturated/α-hetero) is 2. The third-order valence-corrected chi connectivity index (χ3v) is 7.38. The molecule has 160 valence electrons. The van der Waals surface area contributed by atoms with E-state index in [1.807, 2.05) is 0 Å². The molecule has 9 heteroatoms. The van der Waals surface area contributed by atoms with Crippen LogP contribution in [0.2, 0.25) is 0 Å². The molecule has 3 saturated heterocycles. The second-order valence-electron chi connectivity index (χ2n) is 8.67. The molecule has 9 nitrogen and oxygen atoms in total. The predicted molar refractivity (Wildman–Crippen MR) is 110 cm³/mol. The van der Waals surface area contributed by atoms with Crippen LogP contribution in [0.1, 0.15) is 33.6 Å². The lowest BCUT2D eigenvalue weighted by Gasteiger charge is -2.35. The number of carbonyl (C=O) groups is 4. The first-order chi connectivity index (χ1) is 15.4. The van der Waals surface area contributed by atoms with E-state index in [-0.39, 0.29) is 22.5 Å². The highest BCUT2D eigenvalue weighted by molar-refractivity contribution is 6.37. The zero-order chi connectivity index (χ0) is 22.4. The number of nitro benzene ring substituents is 1. The number of nitro groups is 1. The Morgan fingerprint density at radius 1 is 0.938 bits per heavy atom. The molecule has 32 heavy (non-hydrogen) atoms. The Morgan fingerprint density at radius 3 is 2.28 bits per heavy atom. The van der Waals surface area contributed by atoms with Crippen LogP contribution in [0.5, 0.6) is 0 Å². The van der Waals surface area contributed by atoms with E-state index < -0.39 is 51.7 Å². The first-order valence-electron chi connectivity index (χ1n) is 10.5. The summed E-state index contributed by atoms with van der Waals surface area (Å²) < 4.78 is 0. The van der Waals surface area contributed by atoms with Gasteiger partial charge in [-0.15, -0.1) is 0 Å². The van der Waals surface area contributed by atoms with Crippen LogP contribution in [0.25, 0.3) is 0 Å². The summed E-state index contributed by atoms with van der Waals surface area (Å²) in [6.07, 6.45) is 1.31. The number of nitrogens with zero attached hydrogens (tertiary/aromatic N) is 3. The van der Waals surface area contributed by atoms with Gasteiger partial charge in [0.25, 0.3) is 5.69 Å². The van der Waals surface area contributed by atoms with Crippen molar-refractivity contribution < 1.29 is 24.1 Å². The fraction of sp³-hybridized carbons (Fsp3) is 0.304. The van der Waals surface area contributed by atoms with Crippen LogP contribution < -0.4 is 4.90 Å². The van der Waals surface area contributed by atoms with Crippen LogP contribution in [0.15, 0.2) is 48.5 Å². The number of ketones is 2. The van der Waals surface area contributed by atoms with Crippen molar-refractivity contribution in [1.82, 2.24) is 4.90 Å². The molecule has 4 aliphatic rings. The lowest BCUT2D eigenvalue weighted by molar-refractivity contribution is -0.384. The third-order valence-electron chi connectivity index (χ3n) is 7.38. The smallest absolute Gasteiger partial charge is 0.271 e. The van der Waals surface area contributed by atoms with Crippen molar-refractivity contribution in [3.63, 3.8) is 0 Å². The van der Waals surface area contributed by atoms with E-state index in [1.54, 1.807) is 29.2 Å². The molecule has 2 amide bonds. The first kappa shape index (κ1) is 19.0. The second kappa shape index (κ2) is 6.17. The van der Waals surface area contributed by atoms with Gasteiger partial charge in [-0.25, -0.2) is 4.90 Å². The molecule has 3 aliphatic heterocycles. The average molecular weight is 431 g/mol. The molecule has 0 bridgehead atoms. The van der Waals surface area contributed by atoms with Crippen LogP contribution in [-0.4, -0.2) is 51.3 Å². The van der Waals surface area contributed by atoms with Crippen molar-refractivity contribution in [2.45, 2.75) is 24.4 Å². The van der Waals surface area contributed by atoms with Crippen molar-refractivity contribution in [3.8, 4) is 0 Å². The molecule has 2 aromatic rings. The average Bonchev–Trinajstić information content (AvgIpc) is 3.48. The van der Waals surface area contributed by atoms with Crippen molar-refractivity contribution in [2.24, 2.45) is 11.8 Å². The van der Waals surface area contributed by atoms with Gasteiger partial charge in [0, 0.05) is 29.3 Å². The highest BCUT2D eigenvalue weighted by Crippen LogP contribution is 2.57. The van der Waals surface area contributed by atoms with Gasteiger partial charge < -0.3 is 0 Å². The number of fused-ring (bicyclic) bond motifs is 6. The van der Waals surface area contributed by atoms with E-state index in [9.17, 15) is 29.3 Å². The Labute approximate surface area is 181 Å². The summed E-state index contributed by atoms with van der Waals surface area (Å²) in [5.41, 5.74) is -1.34. The summed E-state index contributed by atoms with van der Waals surface area (Å²) in [5, 5.41) is 11.2. The summed E-state index contributed by atoms with van der Waals surface area (Å²) in [5.74, 6) is -4.01. The number of hydrogen-bond donors (Lipinski definition) is 0. The van der Waals surface area contributed by atoms with Gasteiger partial charge >= 0.3 is 0 Å². The van der Waals surface area contributed by atoms with Gasteiger partial charge in [-0.3, -0.25) is 34.2 Å². The molecular weight excluding hydrogens is 414 g/mol. The Hall–Kier alpha value is -3.72. The van der Waals surface area contributed by atoms with Crippen molar-refractivity contribution in [1.29, 1.82) is 0 Å². The van der Waals surface area contributed by atoms with Gasteiger partial charge in [-0.1, -0.05) is 30.3 Å². The standard InChI is InChI=1S/C23H17N3O6/c27-19-14-7-1-2-8-15(14)20(28)23(19)18-17(16-9-4-10-24(16)23)21(29)25(22(18)30)12-5-3-6-13(11-12)26(31)32/h1-3,5-8,11,16-18H,4,9-10H2/t16-,17-,18+/m1/s1. The number of carbonyl (C=O) groups excluding carboxylic acids is 4. The highest BCUT2D eigenvalue weighted by Gasteiger charge is 2.76. The van der Waals surface area contributed by atoms with Gasteiger partial charge in [-0.05, 0) is 25.5 Å². The topological polar surface area (TPSA) is 118 Å². The predicted octanol–water partition coefficient (Wildman–Crippen LogP) is 2.00. The quantitative estimate of drug-likeness (QED) is 0.309. The zero-order valence-corrected chi connectivity index (χ0v) is 16.8. The van der Waals surface area contributed by atoms with E-state index in [1.165, 1.54) is 24.3 Å². The van der Waals surface area contributed by atoms with Gasteiger partial charge in [0.05, 0.1) is 22.4 Å². The van der Waals surface area contributed by atoms with Gasteiger partial charge in [-0.2, -0.15) is 0 Å². The van der Waals surface area contributed by atoms with Gasteiger partial charge in [0.1, 0.15) is 0 Å². The molecule has 2 aromatic carbocycles. The molecule has 0 saturated carbocycles. The van der Waals surface area contributed by atoms with E-state index in [0.29, 0.717) is 19.4 Å². The zero-order valence-electron chi connectivity index (χ0n) is 16.8. The van der Waals surface area contributed by atoms with Crippen LogP contribution in [0.4, 0.5) is 11.4 Å². The SMILES string of the molecule is O=C1[C@@H]2[C@H]3CCCN3C3(C(=O)c4ccccc4C3=O)[C@@H]2C(=O)N1c1cccc([N+](=O)[O-])c1. The lowest BCUT2D eigenvalue weighted by atomic mass is 9.76. The Kier molecular flexibility index (Phi) is 3.66. The van der Waals surface area contributed by atoms with E-state index in [0.717, 1.165) is 4.90 Å². The summed E-state index contributed by atoms with van der Waals surface area (Å²) in [4.78, 5) is 68.0. The number of hydrogen-bond acceptors (Lipinski definition) is 7. The van der Waals surface area contributed by atoms with Crippen LogP contribution >= 0.6 is 0 Å². The largest absolute Gasteiger partial charge is 0.291 e. The summed E-state index contributed by atoms with van der Waals surface area (Å²) in [6.45, 7) is 0.459. The molecule has 0 N–H and O–H groups in total. The number of imide groups is 1. The molecule has 0 radical (unpaired) electrons. The maximum atomic E-state index is 13.7. The Bertz CT molecular complexity index is 1230. The van der Waals surface area contributed by atoms with Crippen LogP contribution in [-0.2, 0) is 9.59 Å². The van der Waals surface area contributed by atoms with E-state index >= 15 is 0 Å². The highest BCUT2D eigenvalue weighted by atomic mass is 16.6. The normalized spacial score (nSPS) is 27.9. The number of benzene rings is 2. The van der Waals surface area contributed by atoms with Crippen molar-refractivity contribution >= 4 is 34.8 Å². The Morgan fingerprint density at radius 2 is 1.62 bits per heavy atom. The maximum absolute atomic E-state index is 13.7. The third kappa shape index (κ3) is 2.02. The van der Waals surface area contributed by atoms with E-state index in [2.05, 4.69) is 0 Å². The number of amides is 2. The number of rotatable bonds is 2. The fourth-order valence-electron chi connectivity index (χ4n) is 6.24. The lowest BCUT2D eigenvalue weighted by Crippen LogP contribution is -2.59. The van der Waals surface area contributed by atoms with Crippen LogP contribution in [0.3, 0.4) is 0 Å². The van der Waals surface area contributed by atoms with Gasteiger partial charge in [0.2, 0.25) is 11.8 Å².